The van der Waals surface area contributed by atoms with Crippen molar-refractivity contribution in [3.8, 4) is 11.5 Å². The predicted molar refractivity (Wildman–Crippen MR) is 103 cm³/mol. The lowest BCUT2D eigenvalue weighted by atomic mass is 10.0. The van der Waals surface area contributed by atoms with Gasteiger partial charge in [0, 0.05) is 19.1 Å². The molecule has 28 heavy (non-hydrogen) atoms. The highest BCUT2D eigenvalue weighted by molar-refractivity contribution is 5.91. The molecule has 1 aromatic heterocycles. The Morgan fingerprint density at radius 3 is 2.46 bits per heavy atom. The van der Waals surface area contributed by atoms with E-state index in [9.17, 15) is 9.59 Å². The summed E-state index contributed by atoms with van der Waals surface area (Å²) in [6.45, 7) is 3.72. The minimum Gasteiger partial charge on any atom is -0.490 e. The number of rotatable bonds is 8. The molecular formula is C21H26N2O5. The highest BCUT2D eigenvalue weighted by Gasteiger charge is 2.25. The largest absolute Gasteiger partial charge is 0.490 e. The highest BCUT2D eigenvalue weighted by Crippen LogP contribution is 2.26. The van der Waals surface area contributed by atoms with Gasteiger partial charge in [-0.3, -0.25) is 9.59 Å². The van der Waals surface area contributed by atoms with Gasteiger partial charge < -0.3 is 24.1 Å². The first-order valence-corrected chi connectivity index (χ1v) is 9.64. The first-order chi connectivity index (χ1) is 13.7. The third-order valence-electron chi connectivity index (χ3n) is 4.55. The SMILES string of the molecule is CCCOc1ccccc1OCC(=O)NC1CCN(C(=O)c2ccco2)CC1. The van der Waals surface area contributed by atoms with Crippen LogP contribution in [0, 0.1) is 0 Å². The van der Waals surface area contributed by atoms with E-state index >= 15 is 0 Å². The monoisotopic (exact) mass is 386 g/mol. The van der Waals surface area contributed by atoms with Crippen LogP contribution in [-0.2, 0) is 4.79 Å². The lowest BCUT2D eigenvalue weighted by molar-refractivity contribution is -0.124. The Morgan fingerprint density at radius 1 is 1.11 bits per heavy atom. The summed E-state index contributed by atoms with van der Waals surface area (Å²) in [5.74, 6) is 1.26. The standard InChI is InChI=1S/C21H26N2O5/c1-2-13-26-17-6-3-4-7-18(17)28-15-20(24)22-16-9-11-23(12-10-16)21(25)19-8-5-14-27-19/h3-8,14,16H,2,9-13,15H2,1H3,(H,22,24). The molecule has 2 heterocycles. The number of benzene rings is 1. The van der Waals surface area contributed by atoms with Crippen LogP contribution in [0.15, 0.2) is 47.1 Å². The number of piperidine rings is 1. The summed E-state index contributed by atoms with van der Waals surface area (Å²) in [6.07, 6.45) is 3.80. The van der Waals surface area contributed by atoms with Gasteiger partial charge in [-0.15, -0.1) is 0 Å². The topological polar surface area (TPSA) is 81.0 Å². The van der Waals surface area contributed by atoms with Gasteiger partial charge in [0.15, 0.2) is 23.9 Å². The van der Waals surface area contributed by atoms with Crippen LogP contribution in [0.25, 0.3) is 0 Å². The minimum atomic E-state index is -0.180. The molecule has 1 saturated heterocycles. The molecule has 2 amide bonds. The van der Waals surface area contributed by atoms with Crippen molar-refractivity contribution in [2.24, 2.45) is 0 Å². The normalized spacial score (nSPS) is 14.5. The minimum absolute atomic E-state index is 0.0309. The van der Waals surface area contributed by atoms with Gasteiger partial charge in [-0.2, -0.15) is 0 Å². The molecule has 1 fully saturated rings. The van der Waals surface area contributed by atoms with Crippen molar-refractivity contribution in [1.29, 1.82) is 0 Å². The Labute approximate surface area is 164 Å². The number of furan rings is 1. The first kappa shape index (κ1) is 19.8. The van der Waals surface area contributed by atoms with Crippen molar-refractivity contribution in [3.05, 3.63) is 48.4 Å². The van der Waals surface area contributed by atoms with E-state index in [0.717, 1.165) is 6.42 Å². The molecule has 0 atom stereocenters. The second-order valence-electron chi connectivity index (χ2n) is 6.70. The molecule has 0 radical (unpaired) electrons. The summed E-state index contributed by atoms with van der Waals surface area (Å²) in [7, 11) is 0. The van der Waals surface area contributed by atoms with Crippen LogP contribution < -0.4 is 14.8 Å². The number of ether oxygens (including phenoxy) is 2. The molecule has 0 saturated carbocycles. The maximum absolute atomic E-state index is 12.3. The number of nitrogens with zero attached hydrogens (tertiary/aromatic N) is 1. The predicted octanol–water partition coefficient (Wildman–Crippen LogP) is 2.87. The average Bonchev–Trinajstić information content (AvgIpc) is 3.26. The van der Waals surface area contributed by atoms with Crippen molar-refractivity contribution in [1.82, 2.24) is 10.2 Å². The van der Waals surface area contributed by atoms with Crippen LogP contribution in [0.1, 0.15) is 36.7 Å². The lowest BCUT2D eigenvalue weighted by Crippen LogP contribution is -2.47. The molecule has 1 aromatic carbocycles. The molecule has 0 unspecified atom stereocenters. The lowest BCUT2D eigenvalue weighted by Gasteiger charge is -2.31. The number of carbonyl (C=O) groups excluding carboxylic acids is 2. The van der Waals surface area contributed by atoms with E-state index in [4.69, 9.17) is 13.9 Å². The highest BCUT2D eigenvalue weighted by atomic mass is 16.5. The number of amides is 2. The van der Waals surface area contributed by atoms with E-state index in [0.29, 0.717) is 49.8 Å². The van der Waals surface area contributed by atoms with E-state index < -0.39 is 0 Å². The summed E-state index contributed by atoms with van der Waals surface area (Å²) in [5.41, 5.74) is 0. The van der Waals surface area contributed by atoms with Gasteiger partial charge in [0.1, 0.15) is 0 Å². The summed E-state index contributed by atoms with van der Waals surface area (Å²) in [5, 5.41) is 2.98. The second-order valence-corrected chi connectivity index (χ2v) is 6.70. The number of nitrogens with one attached hydrogen (secondary N) is 1. The fourth-order valence-electron chi connectivity index (χ4n) is 3.10. The molecule has 7 nitrogen and oxygen atoms in total. The quantitative estimate of drug-likeness (QED) is 0.755. The van der Waals surface area contributed by atoms with Crippen LogP contribution in [0.4, 0.5) is 0 Å². The molecule has 1 N–H and O–H groups in total. The Morgan fingerprint density at radius 2 is 1.82 bits per heavy atom. The van der Waals surface area contributed by atoms with Crippen LogP contribution in [0.3, 0.4) is 0 Å². The first-order valence-electron chi connectivity index (χ1n) is 9.64. The van der Waals surface area contributed by atoms with Crippen molar-refractivity contribution in [2.45, 2.75) is 32.2 Å². The Balaban J connectivity index is 1.42. The second kappa shape index (κ2) is 9.82. The zero-order chi connectivity index (χ0) is 19.8. The molecule has 7 heteroatoms. The van der Waals surface area contributed by atoms with Gasteiger partial charge in [-0.25, -0.2) is 0 Å². The molecule has 3 rings (SSSR count). The van der Waals surface area contributed by atoms with Crippen LogP contribution in [0.2, 0.25) is 0 Å². The summed E-state index contributed by atoms with van der Waals surface area (Å²) < 4.78 is 16.4. The number of carbonyl (C=O) groups is 2. The van der Waals surface area contributed by atoms with Gasteiger partial charge in [-0.1, -0.05) is 19.1 Å². The molecule has 1 aliphatic rings. The molecular weight excluding hydrogens is 360 g/mol. The Hall–Kier alpha value is -2.96. The van der Waals surface area contributed by atoms with Gasteiger partial charge in [0.2, 0.25) is 0 Å². The maximum atomic E-state index is 12.3. The van der Waals surface area contributed by atoms with Gasteiger partial charge in [0.25, 0.3) is 11.8 Å². The molecule has 150 valence electrons. The number of para-hydroxylation sites is 2. The van der Waals surface area contributed by atoms with E-state index in [-0.39, 0.29) is 24.5 Å². The van der Waals surface area contributed by atoms with Crippen molar-refractivity contribution in [3.63, 3.8) is 0 Å². The smallest absolute Gasteiger partial charge is 0.289 e. The van der Waals surface area contributed by atoms with E-state index in [1.807, 2.05) is 25.1 Å². The van der Waals surface area contributed by atoms with Crippen LogP contribution >= 0.6 is 0 Å². The van der Waals surface area contributed by atoms with Crippen LogP contribution in [-0.4, -0.2) is 49.1 Å². The zero-order valence-electron chi connectivity index (χ0n) is 16.1. The Kier molecular flexibility index (Phi) is 6.94. The third kappa shape index (κ3) is 5.28. The summed E-state index contributed by atoms with van der Waals surface area (Å²) in [6, 6.07) is 10.7. The fourth-order valence-corrected chi connectivity index (χ4v) is 3.10. The van der Waals surface area contributed by atoms with Crippen LogP contribution in [0.5, 0.6) is 11.5 Å². The number of likely N-dealkylation sites (tertiary alicyclic amines) is 1. The molecule has 2 aromatic rings. The maximum Gasteiger partial charge on any atom is 0.289 e. The molecule has 0 aliphatic carbocycles. The van der Waals surface area contributed by atoms with Gasteiger partial charge in [0.05, 0.1) is 12.9 Å². The van der Waals surface area contributed by atoms with E-state index in [2.05, 4.69) is 5.32 Å². The molecule has 1 aliphatic heterocycles. The molecule has 0 bridgehead atoms. The number of hydrogen-bond donors (Lipinski definition) is 1. The average molecular weight is 386 g/mol. The summed E-state index contributed by atoms with van der Waals surface area (Å²) >= 11 is 0. The number of hydrogen-bond acceptors (Lipinski definition) is 5. The third-order valence-corrected chi connectivity index (χ3v) is 4.55. The zero-order valence-corrected chi connectivity index (χ0v) is 16.1. The van der Waals surface area contributed by atoms with Crippen molar-refractivity contribution >= 4 is 11.8 Å². The Bertz CT molecular complexity index is 767. The van der Waals surface area contributed by atoms with Crippen molar-refractivity contribution in [2.75, 3.05) is 26.3 Å². The van der Waals surface area contributed by atoms with Gasteiger partial charge >= 0.3 is 0 Å². The van der Waals surface area contributed by atoms with E-state index in [1.54, 1.807) is 23.1 Å². The fraction of sp³-hybridized carbons (Fsp3) is 0.429. The van der Waals surface area contributed by atoms with Gasteiger partial charge in [-0.05, 0) is 43.5 Å². The van der Waals surface area contributed by atoms with Crippen molar-refractivity contribution < 1.29 is 23.5 Å². The molecule has 0 spiro atoms. The summed E-state index contributed by atoms with van der Waals surface area (Å²) in [4.78, 5) is 26.3. The van der Waals surface area contributed by atoms with E-state index in [1.165, 1.54) is 6.26 Å².